The van der Waals surface area contributed by atoms with Crippen LogP contribution in [-0.2, 0) is 6.54 Å². The molecule has 6 nitrogen and oxygen atoms in total. The molecule has 1 unspecified atom stereocenters. The number of hydrogen-bond donors (Lipinski definition) is 0. The lowest BCUT2D eigenvalue weighted by atomic mass is 10.1. The second-order valence-corrected chi connectivity index (χ2v) is 10.3. The number of aryl methyl sites for hydroxylation is 1. The van der Waals surface area contributed by atoms with Gasteiger partial charge in [-0.05, 0) is 73.5 Å². The van der Waals surface area contributed by atoms with Crippen molar-refractivity contribution in [1.82, 2.24) is 14.5 Å². The normalized spacial score (nSPS) is 11.8. The lowest BCUT2D eigenvalue weighted by molar-refractivity contribution is 0.0664. The number of amides is 1. The number of para-hydroxylation sites is 1. The monoisotopic (exact) mass is 581 g/mol. The second kappa shape index (κ2) is 11.3. The summed E-state index contributed by atoms with van der Waals surface area (Å²) in [7, 11) is 1.58. The molecule has 7 heteroatoms. The number of nitrogens with zero attached hydrogens (tertiary/aromatic N) is 3. The van der Waals surface area contributed by atoms with Crippen molar-refractivity contribution in [3.05, 3.63) is 134 Å². The van der Waals surface area contributed by atoms with E-state index in [0.717, 1.165) is 15.6 Å². The summed E-state index contributed by atoms with van der Waals surface area (Å²) in [6, 6.07) is 29.5. The number of aromatic nitrogens is 2. The molecule has 1 heterocycles. The molecule has 0 fully saturated rings. The average molecular weight is 582 g/mol. The van der Waals surface area contributed by atoms with E-state index in [1.54, 1.807) is 34.8 Å². The van der Waals surface area contributed by atoms with Gasteiger partial charge in [0.05, 0.1) is 29.7 Å². The highest BCUT2D eigenvalue weighted by Gasteiger charge is 2.29. The number of carbonyl (C=O) groups excluding carboxylic acids is 1. The van der Waals surface area contributed by atoms with Crippen molar-refractivity contribution < 1.29 is 9.53 Å². The minimum Gasteiger partial charge on any atom is -0.495 e. The van der Waals surface area contributed by atoms with Crippen LogP contribution >= 0.6 is 15.9 Å². The van der Waals surface area contributed by atoms with Gasteiger partial charge in [-0.1, -0.05) is 64.5 Å². The predicted molar refractivity (Wildman–Crippen MR) is 158 cm³/mol. The van der Waals surface area contributed by atoms with Crippen molar-refractivity contribution in [3.63, 3.8) is 0 Å². The summed E-state index contributed by atoms with van der Waals surface area (Å²) in [4.78, 5) is 34.8. The maximum atomic E-state index is 14.1. The minimum absolute atomic E-state index is 0.163. The Morgan fingerprint density at radius 2 is 1.67 bits per heavy atom. The fraction of sp³-hybridized carbons (Fsp3) is 0.156. The second-order valence-electron chi connectivity index (χ2n) is 9.40. The van der Waals surface area contributed by atoms with Crippen molar-refractivity contribution in [3.8, 4) is 11.4 Å². The predicted octanol–water partition coefficient (Wildman–Crippen LogP) is 6.87. The molecule has 0 saturated heterocycles. The SMILES string of the molecule is COc1ccc(C)cc1-n1c(C(C)N(Cc2ccccc2)C(=O)c2ccc(Br)cc2)nc2ccccc2c1=O. The standard InChI is InChI=1S/C32H28BrN3O3/c1-21-13-18-29(39-3)28(19-21)36-30(34-27-12-8-7-11-26(27)32(36)38)22(2)35(20-23-9-5-4-6-10-23)31(37)24-14-16-25(33)17-15-24/h4-19,22H,20H2,1-3H3. The Hall–Kier alpha value is -4.23. The summed E-state index contributed by atoms with van der Waals surface area (Å²) < 4.78 is 8.14. The van der Waals surface area contributed by atoms with Gasteiger partial charge in [0.25, 0.3) is 11.5 Å². The van der Waals surface area contributed by atoms with E-state index in [2.05, 4.69) is 15.9 Å². The van der Waals surface area contributed by atoms with Gasteiger partial charge in [-0.3, -0.25) is 14.2 Å². The van der Waals surface area contributed by atoms with Crippen LogP contribution in [0.1, 0.15) is 40.3 Å². The van der Waals surface area contributed by atoms with Gasteiger partial charge in [-0.25, -0.2) is 4.98 Å². The molecule has 196 valence electrons. The topological polar surface area (TPSA) is 64.4 Å². The highest BCUT2D eigenvalue weighted by Crippen LogP contribution is 2.30. The Labute approximate surface area is 235 Å². The van der Waals surface area contributed by atoms with Gasteiger partial charge in [0, 0.05) is 16.6 Å². The van der Waals surface area contributed by atoms with Crippen molar-refractivity contribution >= 4 is 32.7 Å². The van der Waals surface area contributed by atoms with Gasteiger partial charge < -0.3 is 9.64 Å². The lowest BCUT2D eigenvalue weighted by Gasteiger charge is -2.31. The smallest absolute Gasteiger partial charge is 0.266 e. The number of fused-ring (bicyclic) bond motifs is 1. The molecule has 0 radical (unpaired) electrons. The Kier molecular flexibility index (Phi) is 7.61. The summed E-state index contributed by atoms with van der Waals surface area (Å²) in [5, 5.41) is 0.492. The number of methoxy groups -OCH3 is 1. The first-order valence-corrected chi connectivity index (χ1v) is 13.4. The third-order valence-corrected chi connectivity index (χ3v) is 7.29. The van der Waals surface area contributed by atoms with Crippen LogP contribution in [0.15, 0.2) is 106 Å². The van der Waals surface area contributed by atoms with Crippen LogP contribution in [0.4, 0.5) is 0 Å². The van der Waals surface area contributed by atoms with Gasteiger partial charge in [-0.2, -0.15) is 0 Å². The molecule has 1 aromatic heterocycles. The van der Waals surface area contributed by atoms with Gasteiger partial charge in [0.1, 0.15) is 11.6 Å². The highest BCUT2D eigenvalue weighted by molar-refractivity contribution is 9.10. The molecular formula is C32H28BrN3O3. The van der Waals surface area contributed by atoms with Crippen LogP contribution in [0.3, 0.4) is 0 Å². The molecule has 5 rings (SSSR count). The van der Waals surface area contributed by atoms with E-state index in [9.17, 15) is 9.59 Å². The largest absolute Gasteiger partial charge is 0.495 e. The zero-order valence-electron chi connectivity index (χ0n) is 22.0. The molecule has 39 heavy (non-hydrogen) atoms. The lowest BCUT2D eigenvalue weighted by Crippen LogP contribution is -2.37. The first-order chi connectivity index (χ1) is 18.9. The van der Waals surface area contributed by atoms with E-state index in [-0.39, 0.29) is 11.5 Å². The molecule has 1 atom stereocenters. The molecule has 0 bridgehead atoms. The molecule has 5 aromatic rings. The summed E-state index contributed by atoms with van der Waals surface area (Å²) in [6.07, 6.45) is 0. The summed E-state index contributed by atoms with van der Waals surface area (Å²) in [5.41, 5.74) is 3.42. The van der Waals surface area contributed by atoms with Crippen molar-refractivity contribution in [2.75, 3.05) is 7.11 Å². The number of benzene rings is 4. The molecule has 4 aromatic carbocycles. The zero-order chi connectivity index (χ0) is 27.5. The highest BCUT2D eigenvalue weighted by atomic mass is 79.9. The Bertz CT molecular complexity index is 1700. The van der Waals surface area contributed by atoms with E-state index < -0.39 is 6.04 Å². The van der Waals surface area contributed by atoms with E-state index >= 15 is 0 Å². The van der Waals surface area contributed by atoms with Crippen LogP contribution in [0.5, 0.6) is 5.75 Å². The summed E-state index contributed by atoms with van der Waals surface area (Å²) >= 11 is 3.45. The minimum atomic E-state index is -0.566. The van der Waals surface area contributed by atoms with E-state index in [1.165, 1.54) is 0 Å². The first-order valence-electron chi connectivity index (χ1n) is 12.6. The van der Waals surface area contributed by atoms with Gasteiger partial charge >= 0.3 is 0 Å². The maximum absolute atomic E-state index is 14.1. The van der Waals surface area contributed by atoms with Crippen molar-refractivity contribution in [2.24, 2.45) is 0 Å². The quantitative estimate of drug-likeness (QED) is 0.210. The van der Waals surface area contributed by atoms with E-state index in [1.807, 2.05) is 92.7 Å². The van der Waals surface area contributed by atoms with E-state index in [0.29, 0.717) is 40.3 Å². The summed E-state index contributed by atoms with van der Waals surface area (Å²) in [5.74, 6) is 0.829. The van der Waals surface area contributed by atoms with Crippen LogP contribution in [0.2, 0.25) is 0 Å². The molecule has 0 saturated carbocycles. The van der Waals surface area contributed by atoms with E-state index in [4.69, 9.17) is 9.72 Å². The molecule has 0 aliphatic carbocycles. The maximum Gasteiger partial charge on any atom is 0.266 e. The van der Waals surface area contributed by atoms with Gasteiger partial charge in [-0.15, -0.1) is 0 Å². The fourth-order valence-electron chi connectivity index (χ4n) is 4.70. The molecular weight excluding hydrogens is 554 g/mol. The molecule has 0 N–H and O–H groups in total. The number of ether oxygens (including phenoxy) is 1. The number of halogens is 1. The Balaban J connectivity index is 1.74. The van der Waals surface area contributed by atoms with Gasteiger partial charge in [0.15, 0.2) is 0 Å². The molecule has 0 spiro atoms. The zero-order valence-corrected chi connectivity index (χ0v) is 23.6. The van der Waals surface area contributed by atoms with Gasteiger partial charge in [0.2, 0.25) is 0 Å². The van der Waals surface area contributed by atoms with Crippen LogP contribution in [0, 0.1) is 6.92 Å². The first kappa shape index (κ1) is 26.4. The Morgan fingerprint density at radius 3 is 2.38 bits per heavy atom. The average Bonchev–Trinajstić information content (AvgIpc) is 2.96. The van der Waals surface area contributed by atoms with Crippen LogP contribution in [-0.4, -0.2) is 27.5 Å². The molecule has 0 aliphatic rings. The number of carbonyl (C=O) groups is 1. The third-order valence-electron chi connectivity index (χ3n) is 6.77. The molecule has 1 amide bonds. The van der Waals surface area contributed by atoms with Crippen LogP contribution < -0.4 is 10.3 Å². The number of rotatable bonds is 7. The molecule has 0 aliphatic heterocycles. The van der Waals surface area contributed by atoms with Crippen LogP contribution in [0.25, 0.3) is 16.6 Å². The van der Waals surface area contributed by atoms with Crippen molar-refractivity contribution in [1.29, 1.82) is 0 Å². The Morgan fingerprint density at radius 1 is 0.974 bits per heavy atom. The third kappa shape index (κ3) is 5.36. The number of hydrogen-bond acceptors (Lipinski definition) is 4. The summed E-state index contributed by atoms with van der Waals surface area (Å²) in [6.45, 7) is 4.21. The fourth-order valence-corrected chi connectivity index (χ4v) is 4.96. The van der Waals surface area contributed by atoms with Crippen molar-refractivity contribution in [2.45, 2.75) is 26.4 Å².